The number of benzene rings is 1. The molecule has 0 fully saturated rings. The molecule has 80 valence electrons. The van der Waals surface area contributed by atoms with Crippen molar-refractivity contribution in [1.82, 2.24) is 4.98 Å². The Morgan fingerprint density at radius 1 is 1.27 bits per heavy atom. The van der Waals surface area contributed by atoms with Crippen molar-refractivity contribution in [2.45, 2.75) is 13.5 Å². The van der Waals surface area contributed by atoms with Crippen molar-refractivity contribution in [2.75, 3.05) is 0 Å². The molecule has 0 aliphatic heterocycles. The van der Waals surface area contributed by atoms with E-state index in [0.29, 0.717) is 17.3 Å². The standard InChI is InChI=1S/C10H9F3N2/c1-4-5(3-14)8-9(13)6(11)2-7(12)10(8)15-4/h2,15H,3,14H2,1H3. The lowest BCUT2D eigenvalue weighted by atomic mass is 10.1. The first-order valence-corrected chi connectivity index (χ1v) is 4.41. The van der Waals surface area contributed by atoms with Crippen LogP contribution in [0.4, 0.5) is 13.2 Å². The molecule has 1 aromatic heterocycles. The highest BCUT2D eigenvalue weighted by atomic mass is 19.2. The molecule has 0 aliphatic carbocycles. The van der Waals surface area contributed by atoms with Crippen molar-refractivity contribution in [3.63, 3.8) is 0 Å². The van der Waals surface area contributed by atoms with Crippen LogP contribution in [0.3, 0.4) is 0 Å². The largest absolute Gasteiger partial charge is 0.356 e. The summed E-state index contributed by atoms with van der Waals surface area (Å²) in [5.74, 6) is -3.07. The summed E-state index contributed by atoms with van der Waals surface area (Å²) in [5, 5.41) is -0.0903. The topological polar surface area (TPSA) is 41.8 Å². The van der Waals surface area contributed by atoms with E-state index in [2.05, 4.69) is 4.98 Å². The summed E-state index contributed by atoms with van der Waals surface area (Å²) in [7, 11) is 0. The molecule has 1 aromatic carbocycles. The van der Waals surface area contributed by atoms with Crippen LogP contribution in [0.25, 0.3) is 10.9 Å². The third-order valence-corrected chi connectivity index (χ3v) is 2.44. The maximum Gasteiger partial charge on any atom is 0.168 e. The Kier molecular flexibility index (Phi) is 2.19. The second kappa shape index (κ2) is 3.27. The quantitative estimate of drug-likeness (QED) is 0.703. The van der Waals surface area contributed by atoms with Gasteiger partial charge in [-0.25, -0.2) is 13.2 Å². The van der Waals surface area contributed by atoms with Crippen molar-refractivity contribution in [2.24, 2.45) is 5.73 Å². The van der Waals surface area contributed by atoms with E-state index < -0.39 is 17.5 Å². The highest BCUT2D eigenvalue weighted by Gasteiger charge is 2.18. The number of H-pyrrole nitrogens is 1. The highest BCUT2D eigenvalue weighted by molar-refractivity contribution is 5.85. The lowest BCUT2D eigenvalue weighted by molar-refractivity contribution is 0.505. The van der Waals surface area contributed by atoms with Crippen molar-refractivity contribution in [3.8, 4) is 0 Å². The molecule has 0 bridgehead atoms. The van der Waals surface area contributed by atoms with Gasteiger partial charge >= 0.3 is 0 Å². The average Bonchev–Trinajstić information content (AvgIpc) is 2.52. The number of hydrogen-bond donors (Lipinski definition) is 2. The van der Waals surface area contributed by atoms with Gasteiger partial charge in [0.15, 0.2) is 11.6 Å². The fourth-order valence-electron chi connectivity index (χ4n) is 1.71. The Balaban J connectivity index is 2.97. The van der Waals surface area contributed by atoms with E-state index in [1.807, 2.05) is 0 Å². The number of rotatable bonds is 1. The van der Waals surface area contributed by atoms with Crippen molar-refractivity contribution in [1.29, 1.82) is 0 Å². The maximum absolute atomic E-state index is 13.4. The molecule has 0 aliphatic rings. The van der Waals surface area contributed by atoms with Gasteiger partial charge in [0.05, 0.1) is 5.52 Å². The number of aromatic nitrogens is 1. The van der Waals surface area contributed by atoms with Crippen LogP contribution in [-0.2, 0) is 6.54 Å². The molecule has 15 heavy (non-hydrogen) atoms. The number of halogens is 3. The minimum absolute atomic E-state index is 0.0334. The van der Waals surface area contributed by atoms with E-state index in [-0.39, 0.29) is 17.4 Å². The average molecular weight is 214 g/mol. The fourth-order valence-corrected chi connectivity index (χ4v) is 1.71. The van der Waals surface area contributed by atoms with Gasteiger partial charge in [0.25, 0.3) is 0 Å². The number of nitrogens with two attached hydrogens (primary N) is 1. The van der Waals surface area contributed by atoms with Gasteiger partial charge in [-0.2, -0.15) is 0 Å². The van der Waals surface area contributed by atoms with Crippen LogP contribution in [0.1, 0.15) is 11.3 Å². The second-order valence-electron chi connectivity index (χ2n) is 3.34. The summed E-state index contributed by atoms with van der Waals surface area (Å²) in [6, 6.07) is 0.522. The van der Waals surface area contributed by atoms with Gasteiger partial charge in [0.2, 0.25) is 0 Å². The van der Waals surface area contributed by atoms with Crippen LogP contribution < -0.4 is 5.73 Å². The van der Waals surface area contributed by atoms with Gasteiger partial charge in [0, 0.05) is 23.7 Å². The number of aromatic amines is 1. The van der Waals surface area contributed by atoms with E-state index in [0.717, 1.165) is 0 Å². The van der Waals surface area contributed by atoms with Crippen LogP contribution >= 0.6 is 0 Å². The third kappa shape index (κ3) is 1.31. The van der Waals surface area contributed by atoms with Crippen LogP contribution in [0.2, 0.25) is 0 Å². The van der Waals surface area contributed by atoms with E-state index in [4.69, 9.17) is 5.73 Å². The smallest absolute Gasteiger partial charge is 0.168 e. The summed E-state index contributed by atoms with van der Waals surface area (Å²) >= 11 is 0. The minimum Gasteiger partial charge on any atom is -0.356 e. The Bertz CT molecular complexity index is 531. The minimum atomic E-state index is -1.20. The van der Waals surface area contributed by atoms with Crippen LogP contribution in [0, 0.1) is 24.4 Å². The van der Waals surface area contributed by atoms with E-state index in [9.17, 15) is 13.2 Å². The second-order valence-corrected chi connectivity index (χ2v) is 3.34. The predicted octanol–water partition coefficient (Wildman–Crippen LogP) is 2.35. The van der Waals surface area contributed by atoms with Gasteiger partial charge in [-0.15, -0.1) is 0 Å². The summed E-state index contributed by atoms with van der Waals surface area (Å²) in [5.41, 5.74) is 6.32. The van der Waals surface area contributed by atoms with Crippen LogP contribution in [-0.4, -0.2) is 4.98 Å². The highest BCUT2D eigenvalue weighted by Crippen LogP contribution is 2.28. The predicted molar refractivity (Wildman–Crippen MR) is 50.8 cm³/mol. The van der Waals surface area contributed by atoms with Gasteiger partial charge in [0.1, 0.15) is 5.82 Å². The van der Waals surface area contributed by atoms with Gasteiger partial charge in [-0.1, -0.05) is 0 Å². The summed E-state index contributed by atoms with van der Waals surface area (Å²) in [4.78, 5) is 2.65. The van der Waals surface area contributed by atoms with Crippen molar-refractivity contribution >= 4 is 10.9 Å². The van der Waals surface area contributed by atoms with E-state index >= 15 is 0 Å². The first kappa shape index (κ1) is 10.0. The molecule has 0 unspecified atom stereocenters. The zero-order valence-electron chi connectivity index (χ0n) is 8.00. The molecule has 3 N–H and O–H groups in total. The molecule has 0 atom stereocenters. The summed E-state index contributed by atoms with van der Waals surface area (Å²) in [6.07, 6.45) is 0. The van der Waals surface area contributed by atoms with Crippen molar-refractivity contribution in [3.05, 3.63) is 34.8 Å². The molecular formula is C10H9F3N2. The number of nitrogens with one attached hydrogen (secondary N) is 1. The van der Waals surface area contributed by atoms with Crippen LogP contribution in [0.15, 0.2) is 6.07 Å². The fraction of sp³-hybridized carbons (Fsp3) is 0.200. The molecule has 0 radical (unpaired) electrons. The molecule has 5 heteroatoms. The summed E-state index contributed by atoms with van der Waals surface area (Å²) in [6.45, 7) is 1.67. The Labute approximate surface area is 83.9 Å². The first-order chi connectivity index (χ1) is 7.06. The van der Waals surface area contributed by atoms with Gasteiger partial charge in [-0.05, 0) is 12.5 Å². The zero-order chi connectivity index (χ0) is 11.2. The third-order valence-electron chi connectivity index (χ3n) is 2.44. The number of hydrogen-bond acceptors (Lipinski definition) is 1. The van der Waals surface area contributed by atoms with Crippen molar-refractivity contribution < 1.29 is 13.2 Å². The van der Waals surface area contributed by atoms with E-state index in [1.165, 1.54) is 0 Å². The molecule has 0 saturated heterocycles. The van der Waals surface area contributed by atoms with Gasteiger partial charge in [-0.3, -0.25) is 0 Å². The number of fused-ring (bicyclic) bond motifs is 1. The molecule has 0 saturated carbocycles. The van der Waals surface area contributed by atoms with Gasteiger partial charge < -0.3 is 10.7 Å². The Hall–Kier alpha value is -1.49. The van der Waals surface area contributed by atoms with Crippen LogP contribution in [0.5, 0.6) is 0 Å². The normalized spacial score (nSPS) is 11.3. The Morgan fingerprint density at radius 2 is 1.93 bits per heavy atom. The molecule has 2 rings (SSSR count). The summed E-state index contributed by atoms with van der Waals surface area (Å²) < 4.78 is 39.7. The first-order valence-electron chi connectivity index (χ1n) is 4.41. The molecule has 1 heterocycles. The zero-order valence-corrected chi connectivity index (χ0v) is 8.00. The van der Waals surface area contributed by atoms with E-state index in [1.54, 1.807) is 6.92 Å². The lowest BCUT2D eigenvalue weighted by Gasteiger charge is -1.99. The molecule has 0 spiro atoms. The molecule has 0 amide bonds. The monoisotopic (exact) mass is 214 g/mol. The molecular weight excluding hydrogens is 205 g/mol. The molecule has 2 aromatic rings. The lowest BCUT2D eigenvalue weighted by Crippen LogP contribution is -1.99. The molecule has 2 nitrogen and oxygen atoms in total. The Morgan fingerprint density at radius 3 is 2.53 bits per heavy atom. The maximum atomic E-state index is 13.4. The number of aryl methyl sites for hydroxylation is 1. The SMILES string of the molecule is Cc1[nH]c2c(F)cc(F)c(F)c2c1CN.